The summed E-state index contributed by atoms with van der Waals surface area (Å²) in [6.07, 6.45) is 1.04. The van der Waals surface area contributed by atoms with Crippen molar-refractivity contribution in [1.82, 2.24) is 10.2 Å². The van der Waals surface area contributed by atoms with Gasteiger partial charge in [-0.2, -0.15) is 0 Å². The molecule has 0 radical (unpaired) electrons. The van der Waals surface area contributed by atoms with E-state index in [1.54, 1.807) is 0 Å². The van der Waals surface area contributed by atoms with Crippen molar-refractivity contribution in [2.45, 2.75) is 13.3 Å². The molecule has 1 fully saturated rings. The molecule has 0 bridgehead atoms. The van der Waals surface area contributed by atoms with Crippen molar-refractivity contribution in [1.29, 1.82) is 0 Å². The van der Waals surface area contributed by atoms with E-state index in [4.69, 9.17) is 9.47 Å². The largest absolute Gasteiger partial charge is 0.486 e. The van der Waals surface area contributed by atoms with Crippen molar-refractivity contribution in [3.8, 4) is 11.5 Å². The van der Waals surface area contributed by atoms with E-state index in [9.17, 15) is 0 Å². The lowest BCUT2D eigenvalue weighted by Crippen LogP contribution is -2.44. The Morgan fingerprint density at radius 3 is 2.79 bits per heavy atom. The van der Waals surface area contributed by atoms with Gasteiger partial charge in [0.05, 0.1) is 0 Å². The van der Waals surface area contributed by atoms with Gasteiger partial charge in [0.2, 0.25) is 0 Å². The van der Waals surface area contributed by atoms with E-state index in [-0.39, 0.29) is 0 Å². The topological polar surface area (TPSA) is 33.7 Å². The molecule has 1 saturated heterocycles. The van der Waals surface area contributed by atoms with Gasteiger partial charge >= 0.3 is 0 Å². The van der Waals surface area contributed by atoms with E-state index in [0.717, 1.165) is 50.6 Å². The summed E-state index contributed by atoms with van der Waals surface area (Å²) >= 11 is 0. The van der Waals surface area contributed by atoms with Gasteiger partial charge in [-0.15, -0.1) is 0 Å². The van der Waals surface area contributed by atoms with E-state index in [1.807, 2.05) is 6.07 Å². The number of piperazine rings is 1. The fourth-order valence-corrected chi connectivity index (χ4v) is 2.79. The van der Waals surface area contributed by atoms with Crippen LogP contribution in [0.25, 0.3) is 0 Å². The van der Waals surface area contributed by atoms with Crippen LogP contribution in [0, 0.1) is 6.92 Å². The van der Waals surface area contributed by atoms with Gasteiger partial charge in [-0.05, 0) is 25.0 Å². The van der Waals surface area contributed by atoms with Gasteiger partial charge in [0.25, 0.3) is 0 Å². The maximum Gasteiger partial charge on any atom is 0.164 e. The normalized spacial score (nSPS) is 19.4. The van der Waals surface area contributed by atoms with Crippen molar-refractivity contribution in [3.05, 3.63) is 23.3 Å². The Morgan fingerprint density at radius 1 is 1.16 bits per heavy atom. The molecule has 1 aromatic carbocycles. The Balaban J connectivity index is 1.72. The van der Waals surface area contributed by atoms with E-state index < -0.39 is 0 Å². The predicted molar refractivity (Wildman–Crippen MR) is 75.2 cm³/mol. The highest BCUT2D eigenvalue weighted by Crippen LogP contribution is 2.36. The molecule has 0 aliphatic carbocycles. The van der Waals surface area contributed by atoms with Crippen LogP contribution in [-0.2, 0) is 6.42 Å². The first kappa shape index (κ1) is 12.8. The molecule has 0 unspecified atom stereocenters. The minimum Gasteiger partial charge on any atom is -0.486 e. The van der Waals surface area contributed by atoms with Crippen LogP contribution in [0.5, 0.6) is 11.5 Å². The molecule has 0 amide bonds. The summed E-state index contributed by atoms with van der Waals surface area (Å²) in [6.45, 7) is 9.08. The molecule has 1 N–H and O–H groups in total. The van der Waals surface area contributed by atoms with Gasteiger partial charge in [-0.1, -0.05) is 6.07 Å². The Morgan fingerprint density at radius 2 is 1.95 bits per heavy atom. The third-order valence-electron chi connectivity index (χ3n) is 3.93. The molecule has 104 valence electrons. The van der Waals surface area contributed by atoms with Gasteiger partial charge in [0.15, 0.2) is 11.5 Å². The minimum atomic E-state index is 0.660. The minimum absolute atomic E-state index is 0.660. The Bertz CT molecular complexity index is 442. The number of benzene rings is 1. The number of nitrogens with one attached hydrogen (secondary N) is 1. The number of rotatable bonds is 3. The standard InChI is InChI=1S/C15H22N2O2/c1-12-2-3-14-15(19-11-10-18-14)13(12)4-7-17-8-5-16-6-9-17/h2-3,16H,4-11H2,1H3. The van der Waals surface area contributed by atoms with Crippen molar-refractivity contribution in [2.75, 3.05) is 45.9 Å². The summed E-state index contributed by atoms with van der Waals surface area (Å²) in [4.78, 5) is 2.51. The third-order valence-corrected chi connectivity index (χ3v) is 3.93. The van der Waals surface area contributed by atoms with Gasteiger partial charge < -0.3 is 19.7 Å². The molecular weight excluding hydrogens is 240 g/mol. The zero-order valence-electron chi connectivity index (χ0n) is 11.6. The number of ether oxygens (including phenoxy) is 2. The van der Waals surface area contributed by atoms with E-state index >= 15 is 0 Å². The summed E-state index contributed by atoms with van der Waals surface area (Å²) in [7, 11) is 0. The molecule has 19 heavy (non-hydrogen) atoms. The zero-order chi connectivity index (χ0) is 13.1. The third kappa shape index (κ3) is 2.85. The van der Waals surface area contributed by atoms with Crippen LogP contribution in [-0.4, -0.2) is 50.8 Å². The molecule has 4 nitrogen and oxygen atoms in total. The second kappa shape index (κ2) is 5.80. The molecule has 4 heteroatoms. The molecular formula is C15H22N2O2. The summed E-state index contributed by atoms with van der Waals surface area (Å²) < 4.78 is 11.5. The van der Waals surface area contributed by atoms with Crippen LogP contribution in [0.1, 0.15) is 11.1 Å². The lowest BCUT2D eigenvalue weighted by atomic mass is 10.0. The van der Waals surface area contributed by atoms with E-state index in [0.29, 0.717) is 13.2 Å². The fraction of sp³-hybridized carbons (Fsp3) is 0.600. The lowest BCUT2D eigenvalue weighted by Gasteiger charge is -2.28. The summed E-state index contributed by atoms with van der Waals surface area (Å²) in [5, 5.41) is 3.39. The van der Waals surface area contributed by atoms with Crippen LogP contribution in [0.2, 0.25) is 0 Å². The number of aryl methyl sites for hydroxylation is 1. The second-order valence-corrected chi connectivity index (χ2v) is 5.23. The van der Waals surface area contributed by atoms with Gasteiger partial charge in [0.1, 0.15) is 13.2 Å². The van der Waals surface area contributed by atoms with Crippen LogP contribution >= 0.6 is 0 Å². The molecule has 0 aromatic heterocycles. The molecule has 0 spiro atoms. The molecule has 0 saturated carbocycles. The van der Waals surface area contributed by atoms with E-state index in [2.05, 4.69) is 23.2 Å². The molecule has 1 aromatic rings. The molecule has 2 heterocycles. The van der Waals surface area contributed by atoms with Gasteiger partial charge in [-0.3, -0.25) is 0 Å². The first-order valence-corrected chi connectivity index (χ1v) is 7.16. The first-order valence-electron chi connectivity index (χ1n) is 7.16. The monoisotopic (exact) mass is 262 g/mol. The van der Waals surface area contributed by atoms with Crippen molar-refractivity contribution >= 4 is 0 Å². The SMILES string of the molecule is Cc1ccc2c(c1CCN1CCNCC1)OCCO2. The molecule has 3 rings (SSSR count). The first-order chi connectivity index (χ1) is 9.34. The molecule has 0 atom stereocenters. The zero-order valence-corrected chi connectivity index (χ0v) is 11.6. The number of hydrogen-bond acceptors (Lipinski definition) is 4. The average molecular weight is 262 g/mol. The maximum atomic E-state index is 5.82. The quantitative estimate of drug-likeness (QED) is 0.888. The second-order valence-electron chi connectivity index (χ2n) is 5.23. The number of hydrogen-bond donors (Lipinski definition) is 1. The lowest BCUT2D eigenvalue weighted by molar-refractivity contribution is 0.169. The van der Waals surface area contributed by atoms with Gasteiger partial charge in [0, 0.05) is 38.3 Å². The van der Waals surface area contributed by atoms with Crippen LogP contribution in [0.3, 0.4) is 0 Å². The summed E-state index contributed by atoms with van der Waals surface area (Å²) in [6, 6.07) is 4.17. The van der Waals surface area contributed by atoms with Gasteiger partial charge in [-0.25, -0.2) is 0 Å². The smallest absolute Gasteiger partial charge is 0.164 e. The van der Waals surface area contributed by atoms with Crippen molar-refractivity contribution in [2.24, 2.45) is 0 Å². The van der Waals surface area contributed by atoms with Crippen molar-refractivity contribution in [3.63, 3.8) is 0 Å². The predicted octanol–water partition coefficient (Wildman–Crippen LogP) is 1.21. The van der Waals surface area contributed by atoms with E-state index in [1.165, 1.54) is 11.1 Å². The Hall–Kier alpha value is -1.26. The number of nitrogens with zero attached hydrogens (tertiary/aromatic N) is 1. The highest BCUT2D eigenvalue weighted by atomic mass is 16.6. The maximum absolute atomic E-state index is 5.82. The highest BCUT2D eigenvalue weighted by molar-refractivity contribution is 5.51. The molecule has 2 aliphatic heterocycles. The average Bonchev–Trinajstić information content (AvgIpc) is 2.47. The Labute approximate surface area is 114 Å². The number of fused-ring (bicyclic) bond motifs is 1. The molecule has 2 aliphatic rings. The van der Waals surface area contributed by atoms with Crippen molar-refractivity contribution < 1.29 is 9.47 Å². The fourth-order valence-electron chi connectivity index (χ4n) is 2.79. The van der Waals surface area contributed by atoms with Crippen LogP contribution < -0.4 is 14.8 Å². The summed E-state index contributed by atoms with van der Waals surface area (Å²) in [5.41, 5.74) is 2.62. The summed E-state index contributed by atoms with van der Waals surface area (Å²) in [5.74, 6) is 1.88. The van der Waals surface area contributed by atoms with Crippen LogP contribution in [0.15, 0.2) is 12.1 Å². The van der Waals surface area contributed by atoms with Crippen LogP contribution in [0.4, 0.5) is 0 Å². The Kier molecular flexibility index (Phi) is 3.89. The highest BCUT2D eigenvalue weighted by Gasteiger charge is 2.18.